The molecule has 8 nitrogen and oxygen atoms in total. The van der Waals surface area contributed by atoms with E-state index in [1.165, 1.54) is 30.8 Å². The van der Waals surface area contributed by atoms with Gasteiger partial charge in [-0.3, -0.25) is 9.59 Å². The van der Waals surface area contributed by atoms with E-state index < -0.39 is 6.04 Å². The molecule has 0 bridgehead atoms. The molecule has 1 aromatic heterocycles. The molecule has 4 amide bonds. The number of likely N-dealkylation sites (tertiary alicyclic amines) is 3. The molecule has 0 saturated carbocycles. The molecule has 10 heteroatoms. The van der Waals surface area contributed by atoms with Gasteiger partial charge in [0, 0.05) is 54.2 Å². The average molecular weight is 598 g/mol. The molecule has 220 valence electrons. The number of hydrogen-bond acceptors (Lipinski definition) is 5. The van der Waals surface area contributed by atoms with Crippen molar-refractivity contribution in [3.8, 4) is 0 Å². The summed E-state index contributed by atoms with van der Waals surface area (Å²) in [5.74, 6) is 0.0348. The Bertz CT molecular complexity index is 1270. The minimum absolute atomic E-state index is 0.0491. The third kappa shape index (κ3) is 6.13. The molecule has 0 spiro atoms. The van der Waals surface area contributed by atoms with Crippen LogP contribution in [0, 0.1) is 0 Å². The van der Waals surface area contributed by atoms with E-state index in [4.69, 9.17) is 11.6 Å². The Morgan fingerprint density at radius 3 is 2.46 bits per heavy atom. The van der Waals surface area contributed by atoms with Crippen molar-refractivity contribution in [1.82, 2.24) is 20.0 Å². The number of halogens is 1. The first-order valence-corrected chi connectivity index (χ1v) is 16.5. The summed E-state index contributed by atoms with van der Waals surface area (Å²) >= 11 is 8.31. The molecule has 1 N–H and O–H groups in total. The lowest BCUT2D eigenvalue weighted by molar-refractivity contribution is -0.136. The highest BCUT2D eigenvalue weighted by Gasteiger charge is 2.38. The first-order chi connectivity index (χ1) is 20.0. The quantitative estimate of drug-likeness (QED) is 0.518. The highest BCUT2D eigenvalue weighted by atomic mass is 35.5. The SMILES string of the molecule is O=C(C1CCCN1C(=O)NCc1ccc(C(=O)N2CCCCc3sccc32)cc1Cl)N1CCC(N2CCCC2)CC1. The van der Waals surface area contributed by atoms with Crippen LogP contribution in [0.25, 0.3) is 0 Å². The number of rotatable bonds is 5. The number of aryl methyl sites for hydroxylation is 1. The molecular formula is C31H40ClN5O3S. The fraction of sp³-hybridized carbons (Fsp3) is 0.581. The smallest absolute Gasteiger partial charge is 0.318 e. The molecule has 4 aliphatic heterocycles. The molecule has 0 aliphatic carbocycles. The van der Waals surface area contributed by atoms with Crippen LogP contribution < -0.4 is 10.2 Å². The van der Waals surface area contributed by atoms with E-state index in [1.807, 2.05) is 27.3 Å². The van der Waals surface area contributed by atoms with Crippen LogP contribution in [0.1, 0.15) is 72.2 Å². The molecule has 5 heterocycles. The summed E-state index contributed by atoms with van der Waals surface area (Å²) in [6.45, 7) is 5.44. The maximum Gasteiger partial charge on any atom is 0.318 e. The Morgan fingerprint density at radius 1 is 0.902 bits per heavy atom. The van der Waals surface area contributed by atoms with Gasteiger partial charge in [-0.05, 0) is 100 Å². The highest BCUT2D eigenvalue weighted by Crippen LogP contribution is 2.32. The Balaban J connectivity index is 1.03. The third-order valence-corrected chi connectivity index (χ3v) is 10.6. The van der Waals surface area contributed by atoms with E-state index in [0.717, 1.165) is 62.9 Å². The third-order valence-electron chi connectivity index (χ3n) is 9.26. The van der Waals surface area contributed by atoms with Gasteiger partial charge in [-0.2, -0.15) is 0 Å². The molecule has 3 saturated heterocycles. The number of nitrogens with one attached hydrogen (secondary N) is 1. The predicted molar refractivity (Wildman–Crippen MR) is 163 cm³/mol. The summed E-state index contributed by atoms with van der Waals surface area (Å²) in [4.78, 5) is 49.4. The van der Waals surface area contributed by atoms with Gasteiger partial charge in [-0.15, -0.1) is 11.3 Å². The van der Waals surface area contributed by atoms with Crippen molar-refractivity contribution < 1.29 is 14.4 Å². The molecule has 4 aliphatic rings. The van der Waals surface area contributed by atoms with Crippen molar-refractivity contribution in [2.45, 2.75) is 76.4 Å². The molecule has 0 radical (unpaired) electrons. The van der Waals surface area contributed by atoms with Crippen molar-refractivity contribution in [2.75, 3.05) is 44.2 Å². The van der Waals surface area contributed by atoms with Gasteiger partial charge in [0.15, 0.2) is 0 Å². The molecule has 1 unspecified atom stereocenters. The van der Waals surface area contributed by atoms with Crippen molar-refractivity contribution in [1.29, 1.82) is 0 Å². The first kappa shape index (κ1) is 28.5. The van der Waals surface area contributed by atoms with Gasteiger partial charge in [0.1, 0.15) is 6.04 Å². The molecule has 3 fully saturated rings. The lowest BCUT2D eigenvalue weighted by atomic mass is 10.0. The first-order valence-electron chi connectivity index (χ1n) is 15.2. The second kappa shape index (κ2) is 12.7. The summed E-state index contributed by atoms with van der Waals surface area (Å²) in [6, 6.07) is 7.30. The van der Waals surface area contributed by atoms with Gasteiger partial charge >= 0.3 is 6.03 Å². The van der Waals surface area contributed by atoms with Crippen molar-refractivity contribution in [3.63, 3.8) is 0 Å². The summed E-state index contributed by atoms with van der Waals surface area (Å²) in [7, 11) is 0. The molecule has 1 atom stereocenters. The topological polar surface area (TPSA) is 76.2 Å². The van der Waals surface area contributed by atoms with Gasteiger partial charge in [0.2, 0.25) is 5.91 Å². The van der Waals surface area contributed by atoms with Crippen LogP contribution in [0.3, 0.4) is 0 Å². The zero-order chi connectivity index (χ0) is 28.3. The van der Waals surface area contributed by atoms with Crippen molar-refractivity contribution in [2.24, 2.45) is 0 Å². The maximum absolute atomic E-state index is 13.4. The van der Waals surface area contributed by atoms with Crippen LogP contribution in [-0.4, -0.2) is 83.9 Å². The minimum atomic E-state index is -0.399. The van der Waals surface area contributed by atoms with E-state index in [-0.39, 0.29) is 24.4 Å². The summed E-state index contributed by atoms with van der Waals surface area (Å²) in [6.07, 6.45) is 9.21. The van der Waals surface area contributed by atoms with Crippen LogP contribution in [0.15, 0.2) is 29.6 Å². The molecule has 41 heavy (non-hydrogen) atoms. The number of piperidine rings is 1. The number of fused-ring (bicyclic) bond motifs is 1. The van der Waals surface area contributed by atoms with Crippen molar-refractivity contribution in [3.05, 3.63) is 50.7 Å². The van der Waals surface area contributed by atoms with E-state index >= 15 is 0 Å². The van der Waals surface area contributed by atoms with E-state index in [0.29, 0.717) is 36.1 Å². The number of urea groups is 1. The lowest BCUT2D eigenvalue weighted by Crippen LogP contribution is -2.53. The number of amides is 4. The molecule has 1 aromatic carbocycles. The summed E-state index contributed by atoms with van der Waals surface area (Å²) in [5, 5.41) is 5.47. The van der Waals surface area contributed by atoms with E-state index in [1.54, 1.807) is 28.4 Å². The van der Waals surface area contributed by atoms with Crippen LogP contribution in [0.4, 0.5) is 10.5 Å². The fourth-order valence-corrected chi connectivity index (χ4v) is 8.11. The Labute approximate surface area is 251 Å². The Kier molecular flexibility index (Phi) is 8.84. The normalized spacial score (nSPS) is 22.1. The number of nitrogens with zero attached hydrogens (tertiary/aromatic N) is 4. The van der Waals surface area contributed by atoms with Gasteiger partial charge in [0.25, 0.3) is 5.91 Å². The molecular weight excluding hydrogens is 558 g/mol. The highest BCUT2D eigenvalue weighted by molar-refractivity contribution is 7.10. The second-order valence-corrected chi connectivity index (χ2v) is 13.2. The van der Waals surface area contributed by atoms with E-state index in [9.17, 15) is 14.4 Å². The number of carbonyl (C=O) groups excluding carboxylic acids is 3. The van der Waals surface area contributed by atoms with Crippen molar-refractivity contribution >= 4 is 46.5 Å². The second-order valence-electron chi connectivity index (χ2n) is 11.8. The number of benzene rings is 1. The number of anilines is 1. The number of hydrogen-bond donors (Lipinski definition) is 1. The van der Waals surface area contributed by atoms with Gasteiger partial charge < -0.3 is 24.9 Å². The maximum atomic E-state index is 13.4. The largest absolute Gasteiger partial charge is 0.341 e. The molecule has 6 rings (SSSR count). The number of carbonyl (C=O) groups is 3. The minimum Gasteiger partial charge on any atom is -0.341 e. The Hall–Kier alpha value is -2.62. The zero-order valence-electron chi connectivity index (χ0n) is 23.7. The summed E-state index contributed by atoms with van der Waals surface area (Å²) < 4.78 is 0. The van der Waals surface area contributed by atoms with Crippen LogP contribution in [0.5, 0.6) is 0 Å². The van der Waals surface area contributed by atoms with E-state index in [2.05, 4.69) is 10.2 Å². The predicted octanol–water partition coefficient (Wildman–Crippen LogP) is 5.15. The standard InChI is InChI=1S/C31H40ClN5O3S/c32-25-20-22(29(38)36-15-2-1-7-28-26(36)12-19-41-28)8-9-23(25)21-33-31(40)37-16-5-6-27(37)30(39)35-17-10-24(11-18-35)34-13-3-4-14-34/h8-9,12,19-20,24,27H,1-7,10-11,13-18,21H2,(H,33,40). The average Bonchev–Trinajstić information content (AvgIpc) is 3.77. The monoisotopic (exact) mass is 597 g/mol. The molecule has 2 aromatic rings. The van der Waals surface area contributed by atoms with Gasteiger partial charge in [-0.1, -0.05) is 17.7 Å². The fourth-order valence-electron chi connectivity index (χ4n) is 6.94. The van der Waals surface area contributed by atoms with Gasteiger partial charge in [-0.25, -0.2) is 4.79 Å². The Morgan fingerprint density at radius 2 is 1.68 bits per heavy atom. The number of thiophene rings is 1. The lowest BCUT2D eigenvalue weighted by Gasteiger charge is -2.38. The van der Waals surface area contributed by atoms with Crippen LogP contribution in [0.2, 0.25) is 5.02 Å². The summed E-state index contributed by atoms with van der Waals surface area (Å²) in [5.41, 5.74) is 2.30. The van der Waals surface area contributed by atoms with Crippen LogP contribution >= 0.6 is 22.9 Å². The zero-order valence-corrected chi connectivity index (χ0v) is 25.2. The van der Waals surface area contributed by atoms with Crippen LogP contribution in [-0.2, 0) is 17.8 Å². The van der Waals surface area contributed by atoms with Gasteiger partial charge in [0.05, 0.1) is 5.69 Å².